The van der Waals surface area contributed by atoms with E-state index in [9.17, 15) is 19.5 Å². The predicted molar refractivity (Wildman–Crippen MR) is 139 cm³/mol. The van der Waals surface area contributed by atoms with Crippen LogP contribution >= 0.6 is 0 Å². The van der Waals surface area contributed by atoms with Crippen molar-refractivity contribution in [1.82, 2.24) is 10.2 Å². The Kier molecular flexibility index (Phi) is 10.1. The number of amides is 2. The Morgan fingerprint density at radius 3 is 2.44 bits per heavy atom. The maximum atomic E-state index is 14.1. The van der Waals surface area contributed by atoms with E-state index in [1.54, 1.807) is 11.8 Å². The molecule has 1 heterocycles. The normalized spacial score (nSPS) is 26.9. The van der Waals surface area contributed by atoms with E-state index < -0.39 is 29.8 Å². The Balaban J connectivity index is 2.03. The van der Waals surface area contributed by atoms with Crippen LogP contribution in [0.1, 0.15) is 58.9 Å². The summed E-state index contributed by atoms with van der Waals surface area (Å²) >= 11 is 0. The van der Waals surface area contributed by atoms with Gasteiger partial charge in [-0.25, -0.2) is 0 Å². The van der Waals surface area contributed by atoms with Crippen molar-refractivity contribution in [2.45, 2.75) is 77.9 Å². The fraction of sp³-hybridized carbons (Fsp3) is 0.621. The smallest absolute Gasteiger partial charge is 0.310 e. The number of benzene rings is 1. The molecule has 3 rings (SSSR count). The number of likely N-dealkylation sites (tertiary alicyclic amines) is 1. The molecule has 0 aromatic heterocycles. The van der Waals surface area contributed by atoms with Gasteiger partial charge in [-0.15, -0.1) is 0 Å². The molecule has 7 atom stereocenters. The summed E-state index contributed by atoms with van der Waals surface area (Å²) in [6, 6.07) is 8.24. The second-order valence-corrected chi connectivity index (χ2v) is 10.1. The third-order valence-electron chi connectivity index (χ3n) is 7.53. The van der Waals surface area contributed by atoms with Crippen molar-refractivity contribution in [1.29, 1.82) is 0 Å². The molecule has 1 aromatic rings. The summed E-state index contributed by atoms with van der Waals surface area (Å²) in [6.45, 7) is 7.80. The molecule has 2 amide bonds. The van der Waals surface area contributed by atoms with Gasteiger partial charge in [0.1, 0.15) is 6.04 Å². The van der Waals surface area contributed by atoms with E-state index in [2.05, 4.69) is 19.2 Å². The van der Waals surface area contributed by atoms with Gasteiger partial charge in [0.05, 0.1) is 31.1 Å². The second-order valence-electron chi connectivity index (χ2n) is 10.1. The maximum absolute atomic E-state index is 14.1. The number of hydrogen-bond acceptors (Lipinski definition) is 5. The molecule has 36 heavy (non-hydrogen) atoms. The highest BCUT2D eigenvalue weighted by Crippen LogP contribution is 2.46. The number of carbonyl (C=O) groups excluding carboxylic acids is 3. The van der Waals surface area contributed by atoms with Crippen molar-refractivity contribution in [2.24, 2.45) is 23.7 Å². The van der Waals surface area contributed by atoms with Gasteiger partial charge in [-0.1, -0.05) is 69.2 Å². The Morgan fingerprint density at radius 1 is 1.11 bits per heavy atom. The monoisotopic (exact) mass is 498 g/mol. The Labute approximate surface area is 215 Å². The van der Waals surface area contributed by atoms with Gasteiger partial charge in [-0.2, -0.15) is 0 Å². The van der Waals surface area contributed by atoms with Crippen LogP contribution in [0.25, 0.3) is 0 Å². The number of carbonyl (C=O) groups is 3. The van der Waals surface area contributed by atoms with E-state index in [-0.39, 0.29) is 43.0 Å². The van der Waals surface area contributed by atoms with Gasteiger partial charge in [-0.05, 0) is 44.6 Å². The molecule has 1 aromatic carbocycles. The lowest BCUT2D eigenvalue weighted by Crippen LogP contribution is -2.54. The molecule has 1 aliphatic heterocycles. The first-order valence-corrected chi connectivity index (χ1v) is 13.5. The molecule has 1 unspecified atom stereocenters. The van der Waals surface area contributed by atoms with Crippen LogP contribution in [0.5, 0.6) is 0 Å². The van der Waals surface area contributed by atoms with E-state index in [1.807, 2.05) is 49.4 Å². The standard InChI is InChI=1S/C29H42N2O5/c1-5-11-19(4)30-27(33)26-23-16-15-21(12-6-2)24(29(35)36-7-3)25(23)28(34)31(26)22(18-32)17-20-13-9-8-10-14-20/h8-10,13-16,19,21-26,32H,5-7,11-12,17-18H2,1-4H3,(H,30,33)/t19?,21-,22-,23+,24-,25+,26+/m1/s1. The molecule has 0 saturated carbocycles. The minimum Gasteiger partial charge on any atom is -0.466 e. The number of fused-ring (bicyclic) bond motifs is 1. The van der Waals surface area contributed by atoms with Gasteiger partial charge in [0.15, 0.2) is 0 Å². The summed E-state index contributed by atoms with van der Waals surface area (Å²) in [5.74, 6) is -2.77. The summed E-state index contributed by atoms with van der Waals surface area (Å²) < 4.78 is 5.43. The third kappa shape index (κ3) is 6.00. The van der Waals surface area contributed by atoms with Crippen LogP contribution in [0.15, 0.2) is 42.5 Å². The van der Waals surface area contributed by atoms with E-state index >= 15 is 0 Å². The lowest BCUT2D eigenvalue weighted by atomic mass is 9.68. The predicted octanol–water partition coefficient (Wildman–Crippen LogP) is 3.50. The number of hydrogen-bond donors (Lipinski definition) is 2. The average Bonchev–Trinajstić information content (AvgIpc) is 3.15. The summed E-state index contributed by atoms with van der Waals surface area (Å²) in [4.78, 5) is 42.5. The number of esters is 1. The number of rotatable bonds is 12. The maximum Gasteiger partial charge on any atom is 0.310 e. The van der Waals surface area contributed by atoms with Crippen molar-refractivity contribution in [2.75, 3.05) is 13.2 Å². The first-order chi connectivity index (χ1) is 17.4. The van der Waals surface area contributed by atoms with E-state index in [0.717, 1.165) is 31.2 Å². The van der Waals surface area contributed by atoms with E-state index in [4.69, 9.17) is 4.74 Å². The minimum absolute atomic E-state index is 0.0403. The molecule has 0 radical (unpaired) electrons. The lowest BCUT2D eigenvalue weighted by molar-refractivity contribution is -0.156. The third-order valence-corrected chi connectivity index (χ3v) is 7.53. The van der Waals surface area contributed by atoms with E-state index in [0.29, 0.717) is 6.42 Å². The summed E-state index contributed by atoms with van der Waals surface area (Å²) in [6.07, 6.45) is 7.77. The molecule has 198 valence electrons. The van der Waals surface area contributed by atoms with Crippen molar-refractivity contribution in [3.8, 4) is 0 Å². The highest BCUT2D eigenvalue weighted by atomic mass is 16.5. The Morgan fingerprint density at radius 2 is 1.83 bits per heavy atom. The molecular formula is C29H42N2O5. The van der Waals surface area contributed by atoms with Crippen LogP contribution in [-0.2, 0) is 25.5 Å². The molecule has 1 aliphatic carbocycles. The number of ether oxygens (including phenoxy) is 1. The van der Waals surface area contributed by atoms with Gasteiger partial charge in [0.2, 0.25) is 11.8 Å². The van der Waals surface area contributed by atoms with Crippen LogP contribution in [0, 0.1) is 23.7 Å². The fourth-order valence-electron chi connectivity index (χ4n) is 5.98. The molecule has 0 bridgehead atoms. The minimum atomic E-state index is -0.793. The molecular weight excluding hydrogens is 456 g/mol. The zero-order valence-corrected chi connectivity index (χ0v) is 22.1. The van der Waals surface area contributed by atoms with Crippen molar-refractivity contribution < 1.29 is 24.2 Å². The first-order valence-electron chi connectivity index (χ1n) is 13.5. The molecule has 2 N–H and O–H groups in total. The molecule has 7 heteroatoms. The van der Waals surface area contributed by atoms with Gasteiger partial charge < -0.3 is 20.1 Å². The van der Waals surface area contributed by atoms with Crippen LogP contribution in [0.3, 0.4) is 0 Å². The Hall–Kier alpha value is -2.67. The van der Waals surface area contributed by atoms with Gasteiger partial charge in [-0.3, -0.25) is 14.4 Å². The van der Waals surface area contributed by atoms with Gasteiger partial charge in [0.25, 0.3) is 0 Å². The molecule has 0 spiro atoms. The zero-order chi connectivity index (χ0) is 26.2. The molecule has 1 fully saturated rings. The van der Waals surface area contributed by atoms with Crippen LogP contribution in [0.2, 0.25) is 0 Å². The number of nitrogens with one attached hydrogen (secondary N) is 1. The highest BCUT2D eigenvalue weighted by molar-refractivity contribution is 5.96. The van der Waals surface area contributed by atoms with Crippen molar-refractivity contribution >= 4 is 17.8 Å². The second kappa shape index (κ2) is 13.0. The van der Waals surface area contributed by atoms with Crippen molar-refractivity contribution in [3.63, 3.8) is 0 Å². The number of aliphatic hydroxyl groups excluding tert-OH is 1. The molecule has 1 saturated heterocycles. The average molecular weight is 499 g/mol. The van der Waals surface area contributed by atoms with Gasteiger partial charge in [0, 0.05) is 12.0 Å². The number of nitrogens with zero attached hydrogens (tertiary/aromatic N) is 1. The van der Waals surface area contributed by atoms with Crippen LogP contribution < -0.4 is 5.32 Å². The Bertz CT molecular complexity index is 917. The summed E-state index contributed by atoms with van der Waals surface area (Å²) in [5, 5.41) is 13.5. The summed E-state index contributed by atoms with van der Waals surface area (Å²) in [7, 11) is 0. The summed E-state index contributed by atoms with van der Waals surface area (Å²) in [5.41, 5.74) is 0.971. The van der Waals surface area contributed by atoms with Gasteiger partial charge >= 0.3 is 5.97 Å². The van der Waals surface area contributed by atoms with Crippen LogP contribution in [-0.4, -0.2) is 59.1 Å². The number of allylic oxidation sites excluding steroid dienone is 1. The molecule has 7 nitrogen and oxygen atoms in total. The van der Waals surface area contributed by atoms with Crippen molar-refractivity contribution in [3.05, 3.63) is 48.0 Å². The number of aliphatic hydroxyl groups is 1. The largest absolute Gasteiger partial charge is 0.466 e. The first kappa shape index (κ1) is 27.9. The fourth-order valence-corrected chi connectivity index (χ4v) is 5.98. The quantitative estimate of drug-likeness (QED) is 0.340. The lowest BCUT2D eigenvalue weighted by Gasteiger charge is -2.34. The van der Waals surface area contributed by atoms with Crippen LogP contribution in [0.4, 0.5) is 0 Å². The van der Waals surface area contributed by atoms with E-state index in [1.165, 1.54) is 0 Å². The molecule has 2 aliphatic rings. The highest BCUT2D eigenvalue weighted by Gasteiger charge is 2.58. The topological polar surface area (TPSA) is 95.9 Å². The SMILES string of the molecule is CCCC(C)NC(=O)[C@@H]1[C@H]2C=C[C@@H](CCC)[C@@H](C(=O)OCC)[C@H]2C(=O)N1[C@@H](CO)Cc1ccccc1. The zero-order valence-electron chi connectivity index (χ0n) is 22.1.